The van der Waals surface area contributed by atoms with Crippen LogP contribution in [0.3, 0.4) is 0 Å². The van der Waals surface area contributed by atoms with Gasteiger partial charge in [0, 0.05) is 20.0 Å². The first kappa shape index (κ1) is 17.7. The van der Waals surface area contributed by atoms with Crippen LogP contribution in [0.4, 0.5) is 10.5 Å². The Morgan fingerprint density at radius 2 is 2.08 bits per heavy atom. The Hall–Kier alpha value is -2.61. The molecule has 4 amide bonds. The van der Waals surface area contributed by atoms with E-state index in [1.165, 1.54) is 30.1 Å². The highest BCUT2D eigenvalue weighted by Gasteiger charge is 2.24. The van der Waals surface area contributed by atoms with E-state index >= 15 is 0 Å². The zero-order chi connectivity index (χ0) is 17.7. The summed E-state index contributed by atoms with van der Waals surface area (Å²) >= 11 is 6.09. The van der Waals surface area contributed by atoms with E-state index in [4.69, 9.17) is 16.3 Å². The minimum absolute atomic E-state index is 0.0626. The number of amides is 4. The lowest BCUT2D eigenvalue weighted by Crippen LogP contribution is -2.39. The number of carbonyl (C=O) groups is 4. The number of imide groups is 1. The molecule has 2 rings (SSSR count). The molecule has 0 radical (unpaired) electrons. The van der Waals surface area contributed by atoms with Gasteiger partial charge < -0.3 is 15.0 Å². The SMILES string of the molecule is CNC(=O)NC(=O)COC(=O)c1ccc(Cl)c(N2CCCC2=O)c1. The maximum atomic E-state index is 12.0. The highest BCUT2D eigenvalue weighted by molar-refractivity contribution is 6.34. The summed E-state index contributed by atoms with van der Waals surface area (Å²) < 4.78 is 4.84. The van der Waals surface area contributed by atoms with E-state index in [1.54, 1.807) is 0 Å². The number of esters is 1. The van der Waals surface area contributed by atoms with Gasteiger partial charge in [0.05, 0.1) is 16.3 Å². The molecule has 1 aromatic carbocycles. The zero-order valence-electron chi connectivity index (χ0n) is 12.9. The van der Waals surface area contributed by atoms with Crippen LogP contribution in [-0.2, 0) is 14.3 Å². The molecule has 8 nitrogen and oxygen atoms in total. The fourth-order valence-corrected chi connectivity index (χ4v) is 2.41. The summed E-state index contributed by atoms with van der Waals surface area (Å²) in [7, 11) is 1.35. The molecule has 0 spiro atoms. The number of anilines is 1. The molecule has 0 aliphatic carbocycles. The second-order valence-electron chi connectivity index (χ2n) is 5.02. The molecule has 2 N–H and O–H groups in total. The molecule has 9 heteroatoms. The minimum Gasteiger partial charge on any atom is -0.452 e. The lowest BCUT2D eigenvalue weighted by atomic mass is 10.2. The van der Waals surface area contributed by atoms with Crippen molar-refractivity contribution in [1.29, 1.82) is 0 Å². The van der Waals surface area contributed by atoms with Crippen LogP contribution < -0.4 is 15.5 Å². The van der Waals surface area contributed by atoms with E-state index in [2.05, 4.69) is 5.32 Å². The van der Waals surface area contributed by atoms with E-state index < -0.39 is 24.5 Å². The van der Waals surface area contributed by atoms with Crippen LogP contribution in [0.15, 0.2) is 18.2 Å². The summed E-state index contributed by atoms with van der Waals surface area (Å²) in [5.74, 6) is -1.58. The minimum atomic E-state index is -0.758. The first-order valence-electron chi connectivity index (χ1n) is 7.21. The second kappa shape index (κ2) is 7.78. The Bertz CT molecular complexity index is 692. The standard InChI is InChI=1S/C15H16ClN3O5/c1-17-15(23)18-12(20)8-24-14(22)9-4-5-10(16)11(7-9)19-6-2-3-13(19)21/h4-5,7H,2-3,6,8H2,1H3,(H2,17,18,20,23). The Kier molecular flexibility index (Phi) is 5.75. The van der Waals surface area contributed by atoms with E-state index in [1.807, 2.05) is 5.32 Å². The summed E-state index contributed by atoms with van der Waals surface area (Å²) in [4.78, 5) is 47.7. The molecule has 1 aliphatic rings. The van der Waals surface area contributed by atoms with E-state index in [0.717, 1.165) is 6.42 Å². The third kappa shape index (κ3) is 4.23. The highest BCUT2D eigenvalue weighted by Crippen LogP contribution is 2.30. The lowest BCUT2D eigenvalue weighted by molar-refractivity contribution is -0.123. The van der Waals surface area contributed by atoms with Crippen molar-refractivity contribution in [3.8, 4) is 0 Å². The Morgan fingerprint density at radius 1 is 1.33 bits per heavy atom. The van der Waals surface area contributed by atoms with Crippen molar-refractivity contribution in [2.45, 2.75) is 12.8 Å². The van der Waals surface area contributed by atoms with Gasteiger partial charge in [0.25, 0.3) is 5.91 Å². The van der Waals surface area contributed by atoms with Crippen molar-refractivity contribution in [2.24, 2.45) is 0 Å². The van der Waals surface area contributed by atoms with Crippen LogP contribution in [0.25, 0.3) is 0 Å². The van der Waals surface area contributed by atoms with Crippen molar-refractivity contribution in [3.05, 3.63) is 28.8 Å². The van der Waals surface area contributed by atoms with Crippen molar-refractivity contribution < 1.29 is 23.9 Å². The summed E-state index contributed by atoms with van der Waals surface area (Å²) in [5.41, 5.74) is 0.588. The topological polar surface area (TPSA) is 105 Å². The Labute approximate surface area is 143 Å². The van der Waals surface area contributed by atoms with Gasteiger partial charge in [-0.2, -0.15) is 0 Å². The monoisotopic (exact) mass is 353 g/mol. The fourth-order valence-electron chi connectivity index (χ4n) is 2.19. The summed E-state index contributed by atoms with van der Waals surface area (Å²) in [6.07, 6.45) is 1.16. The number of ether oxygens (including phenoxy) is 1. The van der Waals surface area contributed by atoms with E-state index in [0.29, 0.717) is 23.7 Å². The van der Waals surface area contributed by atoms with E-state index in [9.17, 15) is 19.2 Å². The number of nitrogens with zero attached hydrogens (tertiary/aromatic N) is 1. The van der Waals surface area contributed by atoms with Gasteiger partial charge >= 0.3 is 12.0 Å². The molecule has 0 saturated carbocycles. The lowest BCUT2D eigenvalue weighted by Gasteiger charge is -2.18. The summed E-state index contributed by atoms with van der Waals surface area (Å²) in [6.45, 7) is -0.0710. The predicted octanol–water partition coefficient (Wildman–Crippen LogP) is 1.08. The first-order chi connectivity index (χ1) is 11.4. The van der Waals surface area contributed by atoms with Crippen LogP contribution in [0.2, 0.25) is 5.02 Å². The van der Waals surface area contributed by atoms with Crippen molar-refractivity contribution in [3.63, 3.8) is 0 Å². The molecule has 1 aromatic rings. The first-order valence-corrected chi connectivity index (χ1v) is 7.58. The number of nitrogens with one attached hydrogen (secondary N) is 2. The maximum Gasteiger partial charge on any atom is 0.338 e. The van der Waals surface area contributed by atoms with Gasteiger partial charge in [-0.3, -0.25) is 14.9 Å². The molecule has 24 heavy (non-hydrogen) atoms. The van der Waals surface area contributed by atoms with Crippen LogP contribution in [0.5, 0.6) is 0 Å². The van der Waals surface area contributed by atoms with Crippen molar-refractivity contribution in [1.82, 2.24) is 10.6 Å². The number of rotatable bonds is 4. The van der Waals surface area contributed by atoms with Gasteiger partial charge in [-0.05, 0) is 24.6 Å². The molecular formula is C15H16ClN3O5. The molecule has 1 saturated heterocycles. The molecule has 1 heterocycles. The van der Waals surface area contributed by atoms with Gasteiger partial charge in [0.15, 0.2) is 6.61 Å². The van der Waals surface area contributed by atoms with Crippen molar-refractivity contribution in [2.75, 3.05) is 25.1 Å². The van der Waals surface area contributed by atoms with Gasteiger partial charge in [-0.15, -0.1) is 0 Å². The normalized spacial score (nSPS) is 13.6. The number of carbonyl (C=O) groups excluding carboxylic acids is 4. The largest absolute Gasteiger partial charge is 0.452 e. The van der Waals surface area contributed by atoms with Crippen molar-refractivity contribution >= 4 is 41.1 Å². The quantitative estimate of drug-likeness (QED) is 0.788. The summed E-state index contributed by atoms with van der Waals surface area (Å²) in [6, 6.07) is 3.68. The molecule has 0 bridgehead atoms. The van der Waals surface area contributed by atoms with Crippen LogP contribution in [0, 0.1) is 0 Å². The Balaban J connectivity index is 2.03. The molecule has 1 aliphatic heterocycles. The summed E-state index contributed by atoms with van der Waals surface area (Å²) in [5, 5.41) is 4.51. The molecular weight excluding hydrogens is 338 g/mol. The van der Waals surface area contributed by atoms with Gasteiger partial charge in [0.1, 0.15) is 0 Å². The van der Waals surface area contributed by atoms with Gasteiger partial charge in [-0.1, -0.05) is 11.6 Å². The third-order valence-corrected chi connectivity index (χ3v) is 3.68. The maximum absolute atomic E-state index is 12.0. The zero-order valence-corrected chi connectivity index (χ0v) is 13.7. The molecule has 0 aromatic heterocycles. The van der Waals surface area contributed by atoms with E-state index in [-0.39, 0.29) is 11.5 Å². The molecule has 0 atom stereocenters. The number of halogens is 1. The fraction of sp³-hybridized carbons (Fsp3) is 0.333. The third-order valence-electron chi connectivity index (χ3n) is 3.36. The van der Waals surface area contributed by atoms with Gasteiger partial charge in [0.2, 0.25) is 5.91 Å². The highest BCUT2D eigenvalue weighted by atomic mass is 35.5. The number of urea groups is 1. The van der Waals surface area contributed by atoms with Crippen LogP contribution in [-0.4, -0.2) is 44.0 Å². The Morgan fingerprint density at radius 3 is 2.71 bits per heavy atom. The second-order valence-corrected chi connectivity index (χ2v) is 5.43. The number of hydrogen-bond acceptors (Lipinski definition) is 5. The molecule has 128 valence electrons. The number of benzene rings is 1. The molecule has 0 unspecified atom stereocenters. The average Bonchev–Trinajstić information content (AvgIpc) is 2.98. The van der Waals surface area contributed by atoms with Gasteiger partial charge in [-0.25, -0.2) is 9.59 Å². The smallest absolute Gasteiger partial charge is 0.338 e. The average molecular weight is 354 g/mol. The van der Waals surface area contributed by atoms with Crippen LogP contribution in [0.1, 0.15) is 23.2 Å². The van der Waals surface area contributed by atoms with Crippen LogP contribution >= 0.6 is 11.6 Å². The number of hydrogen-bond donors (Lipinski definition) is 2. The molecule has 1 fully saturated rings. The predicted molar refractivity (Wildman–Crippen MR) is 85.9 cm³/mol.